The number of fused-ring (bicyclic) bond motifs is 1. The zero-order valence-electron chi connectivity index (χ0n) is 24.9. The molecule has 6 N–H and O–H groups in total. The van der Waals surface area contributed by atoms with Crippen molar-refractivity contribution in [2.24, 2.45) is 0 Å². The summed E-state index contributed by atoms with van der Waals surface area (Å²) in [4.78, 5) is 62.4. The Labute approximate surface area is 259 Å². The monoisotopic (exact) mass is 654 g/mol. The number of rotatable bonds is 20. The largest absolute Gasteiger partial charge is 0.480 e. The number of hydrogen-bond acceptors (Lipinski definition) is 10. The molecule has 2 aromatic rings. The van der Waals surface area contributed by atoms with Crippen LogP contribution in [0.2, 0.25) is 0 Å². The van der Waals surface area contributed by atoms with Crippen LogP contribution in [0.5, 0.6) is 0 Å². The van der Waals surface area contributed by atoms with Crippen molar-refractivity contribution in [2.45, 2.75) is 4.90 Å². The van der Waals surface area contributed by atoms with Crippen LogP contribution in [0.4, 0.5) is 10.5 Å². The highest BCUT2D eigenvalue weighted by Gasteiger charge is 2.21. The Hall–Kier alpha value is -4.52. The Morgan fingerprint density at radius 3 is 1.84 bits per heavy atom. The van der Waals surface area contributed by atoms with Crippen LogP contribution < -0.4 is 14.9 Å². The Morgan fingerprint density at radius 1 is 0.689 bits per heavy atom. The molecule has 2 aromatic carbocycles. The number of anilines is 1. The van der Waals surface area contributed by atoms with E-state index < -0.39 is 66.1 Å². The van der Waals surface area contributed by atoms with Gasteiger partial charge in [0.1, 0.15) is 6.54 Å². The molecule has 0 fully saturated rings. The standard InChI is InChI=1S/C27H38N6O11S/c1-30(2)21-7-3-6-20-19(21)5-4-8-22(20)45(43,44)29-10-9-28-23(34)15-32(17-25(37)38)12-11-31(16-24(35)36)13-14-33(27(41)42)18-26(39)40/h3-8,29H,9-18H2,1-2H3,(H,28,34)(H,35,36)(H,37,38)(H,39,40)(H,41,42). The predicted octanol–water partition coefficient (Wildman–Crippen LogP) is -0.862. The molecule has 0 heterocycles. The van der Waals surface area contributed by atoms with Gasteiger partial charge in [0.05, 0.1) is 24.5 Å². The second-order valence-electron chi connectivity index (χ2n) is 10.1. The molecule has 0 aliphatic carbocycles. The molecule has 0 aromatic heterocycles. The summed E-state index contributed by atoms with van der Waals surface area (Å²) in [7, 11) is -0.257. The van der Waals surface area contributed by atoms with Crippen LogP contribution in [0.1, 0.15) is 0 Å². The first-order chi connectivity index (χ1) is 21.1. The molecular weight excluding hydrogens is 616 g/mol. The van der Waals surface area contributed by atoms with Gasteiger partial charge in [-0.2, -0.15) is 0 Å². The molecular formula is C27H38N6O11S. The third kappa shape index (κ3) is 12.2. The summed E-state index contributed by atoms with van der Waals surface area (Å²) in [5.74, 6) is -4.51. The normalized spacial score (nSPS) is 11.5. The molecule has 248 valence electrons. The quantitative estimate of drug-likeness (QED) is 0.0953. The highest BCUT2D eigenvalue weighted by atomic mass is 32.2. The Kier molecular flexibility index (Phi) is 13.9. The summed E-state index contributed by atoms with van der Waals surface area (Å²) < 4.78 is 28.6. The number of amides is 2. The number of carboxylic acids is 3. The number of hydrogen-bond donors (Lipinski definition) is 6. The zero-order chi connectivity index (χ0) is 33.7. The van der Waals surface area contributed by atoms with Gasteiger partial charge in [-0.05, 0) is 12.1 Å². The van der Waals surface area contributed by atoms with Gasteiger partial charge < -0.3 is 30.6 Å². The van der Waals surface area contributed by atoms with Gasteiger partial charge >= 0.3 is 24.0 Å². The van der Waals surface area contributed by atoms with Crippen molar-refractivity contribution in [3.05, 3.63) is 36.4 Å². The van der Waals surface area contributed by atoms with Crippen LogP contribution in [0.25, 0.3) is 10.8 Å². The van der Waals surface area contributed by atoms with Crippen molar-refractivity contribution >= 4 is 56.4 Å². The molecule has 0 aliphatic rings. The van der Waals surface area contributed by atoms with E-state index in [-0.39, 0.29) is 44.2 Å². The maximum atomic E-state index is 13.1. The lowest BCUT2D eigenvalue weighted by Crippen LogP contribution is -2.47. The fourth-order valence-corrected chi connectivity index (χ4v) is 5.68. The number of benzene rings is 2. The number of sulfonamides is 1. The summed E-state index contributed by atoms with van der Waals surface area (Å²) in [6.45, 7) is -3.24. The van der Waals surface area contributed by atoms with Crippen molar-refractivity contribution in [2.75, 3.05) is 84.4 Å². The third-order valence-corrected chi connectivity index (χ3v) is 7.99. The Balaban J connectivity index is 1.96. The molecule has 0 unspecified atom stereocenters. The summed E-state index contributed by atoms with van der Waals surface area (Å²) in [5, 5.41) is 40.3. The average Bonchev–Trinajstić information content (AvgIpc) is 2.94. The highest BCUT2D eigenvalue weighted by Crippen LogP contribution is 2.30. The molecule has 45 heavy (non-hydrogen) atoms. The van der Waals surface area contributed by atoms with Crippen LogP contribution in [-0.2, 0) is 29.2 Å². The van der Waals surface area contributed by atoms with Crippen molar-refractivity contribution < 1.29 is 52.8 Å². The topological polar surface area (TPSA) is 237 Å². The number of nitrogens with zero attached hydrogens (tertiary/aromatic N) is 4. The van der Waals surface area contributed by atoms with Crippen LogP contribution >= 0.6 is 0 Å². The number of carbonyl (C=O) groups excluding carboxylic acids is 1. The molecule has 18 heteroatoms. The van der Waals surface area contributed by atoms with Crippen molar-refractivity contribution in [3.8, 4) is 0 Å². The first kappa shape index (κ1) is 36.7. The van der Waals surface area contributed by atoms with E-state index in [1.165, 1.54) is 15.9 Å². The van der Waals surface area contributed by atoms with E-state index in [0.717, 1.165) is 11.1 Å². The molecule has 0 saturated carbocycles. The summed E-state index contributed by atoms with van der Waals surface area (Å²) in [5.41, 5.74) is 0.842. The average molecular weight is 655 g/mol. The number of carbonyl (C=O) groups is 5. The molecule has 0 aliphatic heterocycles. The van der Waals surface area contributed by atoms with Gasteiger partial charge in [-0.15, -0.1) is 0 Å². The van der Waals surface area contributed by atoms with Gasteiger partial charge in [0, 0.05) is 69.8 Å². The molecule has 2 amide bonds. The molecule has 0 saturated heterocycles. The van der Waals surface area contributed by atoms with E-state index in [1.54, 1.807) is 18.2 Å². The lowest BCUT2D eigenvalue weighted by atomic mass is 10.1. The minimum Gasteiger partial charge on any atom is -0.480 e. The zero-order valence-corrected chi connectivity index (χ0v) is 25.7. The van der Waals surface area contributed by atoms with E-state index in [2.05, 4.69) is 10.0 Å². The van der Waals surface area contributed by atoms with Crippen LogP contribution in [0.3, 0.4) is 0 Å². The van der Waals surface area contributed by atoms with Gasteiger partial charge in [-0.1, -0.05) is 24.3 Å². The minimum absolute atomic E-state index is 0.0722. The van der Waals surface area contributed by atoms with Crippen LogP contribution in [0, 0.1) is 0 Å². The first-order valence-corrected chi connectivity index (χ1v) is 15.1. The SMILES string of the molecule is CN(C)c1cccc2c(S(=O)(=O)NCCNC(=O)CN(CCN(CCN(CC(=O)O)C(=O)O)CC(=O)O)CC(=O)O)cccc12. The van der Waals surface area contributed by atoms with Gasteiger partial charge in [0.2, 0.25) is 15.9 Å². The third-order valence-electron chi connectivity index (χ3n) is 6.47. The van der Waals surface area contributed by atoms with Crippen molar-refractivity contribution in [1.29, 1.82) is 0 Å². The fraction of sp³-hybridized carbons (Fsp3) is 0.444. The van der Waals surface area contributed by atoms with E-state index in [4.69, 9.17) is 10.2 Å². The van der Waals surface area contributed by atoms with Gasteiger partial charge in [0.25, 0.3) is 0 Å². The molecule has 0 spiro atoms. The maximum Gasteiger partial charge on any atom is 0.407 e. The first-order valence-electron chi connectivity index (χ1n) is 13.6. The lowest BCUT2D eigenvalue weighted by Gasteiger charge is -2.27. The van der Waals surface area contributed by atoms with E-state index in [9.17, 15) is 42.6 Å². The highest BCUT2D eigenvalue weighted by molar-refractivity contribution is 7.89. The van der Waals surface area contributed by atoms with Gasteiger partial charge in [0.15, 0.2) is 0 Å². The van der Waals surface area contributed by atoms with Crippen LogP contribution in [-0.4, -0.2) is 153 Å². The Morgan fingerprint density at radius 2 is 1.24 bits per heavy atom. The summed E-state index contributed by atoms with van der Waals surface area (Å²) >= 11 is 0. The molecule has 0 bridgehead atoms. The van der Waals surface area contributed by atoms with E-state index in [0.29, 0.717) is 10.3 Å². The molecule has 0 atom stereocenters. The number of carboxylic acid groups (broad SMARTS) is 4. The van der Waals surface area contributed by atoms with Gasteiger partial charge in [-0.3, -0.25) is 33.9 Å². The van der Waals surface area contributed by atoms with Crippen molar-refractivity contribution in [1.82, 2.24) is 24.7 Å². The lowest BCUT2D eigenvalue weighted by molar-refractivity contribution is -0.140. The summed E-state index contributed by atoms with van der Waals surface area (Å²) in [6, 6.07) is 10.3. The summed E-state index contributed by atoms with van der Waals surface area (Å²) in [6.07, 6.45) is -1.50. The smallest absolute Gasteiger partial charge is 0.407 e. The second-order valence-corrected chi connectivity index (χ2v) is 11.9. The van der Waals surface area contributed by atoms with E-state index in [1.807, 2.05) is 31.1 Å². The molecule has 0 radical (unpaired) electrons. The minimum atomic E-state index is -3.95. The number of nitrogens with one attached hydrogen (secondary N) is 2. The Bertz CT molecular complexity index is 1480. The number of aliphatic carboxylic acids is 3. The van der Waals surface area contributed by atoms with Crippen molar-refractivity contribution in [3.63, 3.8) is 0 Å². The van der Waals surface area contributed by atoms with Crippen LogP contribution in [0.15, 0.2) is 41.3 Å². The molecule has 2 rings (SSSR count). The predicted molar refractivity (Wildman–Crippen MR) is 162 cm³/mol. The molecule has 17 nitrogen and oxygen atoms in total. The fourth-order valence-electron chi connectivity index (χ4n) is 4.43. The van der Waals surface area contributed by atoms with Gasteiger partial charge in [-0.25, -0.2) is 17.9 Å². The second kappa shape index (κ2) is 17.1. The maximum absolute atomic E-state index is 13.1. The van der Waals surface area contributed by atoms with E-state index >= 15 is 0 Å².